The van der Waals surface area contributed by atoms with Crippen LogP contribution in [0.25, 0.3) is 11.1 Å². The number of carbonyl (C=O) groups is 1. The van der Waals surface area contributed by atoms with Crippen molar-refractivity contribution in [1.29, 1.82) is 0 Å². The molecule has 1 heterocycles. The first-order valence-corrected chi connectivity index (χ1v) is 8.03. The summed E-state index contributed by atoms with van der Waals surface area (Å²) in [6.07, 6.45) is 2.55. The van der Waals surface area contributed by atoms with Crippen LogP contribution in [-0.2, 0) is 6.42 Å². The molecule has 1 aromatic heterocycles. The van der Waals surface area contributed by atoms with Crippen molar-refractivity contribution in [1.82, 2.24) is 10.3 Å². The molecule has 3 aromatic rings. The lowest BCUT2D eigenvalue weighted by molar-refractivity contribution is 0.0954. The minimum Gasteiger partial charge on any atom is -0.352 e. The molecule has 3 rings (SSSR count). The summed E-state index contributed by atoms with van der Waals surface area (Å²) in [5.41, 5.74) is 2.84. The van der Waals surface area contributed by atoms with Crippen molar-refractivity contribution >= 4 is 17.2 Å². The molecule has 0 unspecified atom stereocenters. The van der Waals surface area contributed by atoms with Crippen LogP contribution in [0.5, 0.6) is 0 Å². The number of rotatable bonds is 5. The van der Waals surface area contributed by atoms with Gasteiger partial charge in [0.15, 0.2) is 0 Å². The second-order valence-electron chi connectivity index (χ2n) is 4.88. The van der Waals surface area contributed by atoms with E-state index >= 15 is 0 Å². The third-order valence-electron chi connectivity index (χ3n) is 3.34. The maximum Gasteiger partial charge on any atom is 0.251 e. The molecule has 0 atom stereocenters. The van der Waals surface area contributed by atoms with E-state index in [0.717, 1.165) is 22.6 Å². The average Bonchev–Trinajstić information content (AvgIpc) is 3.09. The highest BCUT2D eigenvalue weighted by atomic mass is 32.1. The topological polar surface area (TPSA) is 42.0 Å². The Morgan fingerprint density at radius 3 is 2.64 bits per heavy atom. The van der Waals surface area contributed by atoms with Crippen LogP contribution >= 0.6 is 11.3 Å². The second kappa shape index (κ2) is 7.00. The van der Waals surface area contributed by atoms with Crippen molar-refractivity contribution in [2.45, 2.75) is 6.42 Å². The molecular formula is C18H16N2OS. The van der Waals surface area contributed by atoms with Crippen molar-refractivity contribution in [3.8, 4) is 11.1 Å². The Labute approximate surface area is 133 Å². The van der Waals surface area contributed by atoms with Crippen LogP contribution in [0.2, 0.25) is 0 Å². The Bertz CT molecular complexity index is 739. The van der Waals surface area contributed by atoms with E-state index in [0.29, 0.717) is 12.1 Å². The van der Waals surface area contributed by atoms with Gasteiger partial charge in [-0.1, -0.05) is 42.5 Å². The molecule has 0 saturated heterocycles. The number of thiazole rings is 1. The minimum absolute atomic E-state index is 0.0469. The molecule has 0 fully saturated rings. The Hall–Kier alpha value is -2.46. The average molecular weight is 308 g/mol. The Balaban J connectivity index is 1.65. The number of nitrogens with one attached hydrogen (secondary N) is 1. The summed E-state index contributed by atoms with van der Waals surface area (Å²) in [7, 11) is 0. The Morgan fingerprint density at radius 1 is 1.05 bits per heavy atom. The number of amides is 1. The SMILES string of the molecule is O=C(NCCc1nccs1)c1cccc(-c2ccccc2)c1. The quantitative estimate of drug-likeness (QED) is 0.779. The maximum atomic E-state index is 12.2. The Kier molecular flexibility index (Phi) is 4.61. The fraction of sp³-hybridized carbons (Fsp3) is 0.111. The lowest BCUT2D eigenvalue weighted by Gasteiger charge is -2.07. The van der Waals surface area contributed by atoms with Gasteiger partial charge in [-0.25, -0.2) is 4.98 Å². The first-order valence-electron chi connectivity index (χ1n) is 7.15. The van der Waals surface area contributed by atoms with Crippen LogP contribution in [-0.4, -0.2) is 17.4 Å². The van der Waals surface area contributed by atoms with Gasteiger partial charge in [-0.05, 0) is 23.3 Å². The summed E-state index contributed by atoms with van der Waals surface area (Å²) < 4.78 is 0. The predicted octanol–water partition coefficient (Wildman–Crippen LogP) is 3.78. The summed E-state index contributed by atoms with van der Waals surface area (Å²) in [4.78, 5) is 16.4. The molecule has 0 saturated carbocycles. The van der Waals surface area contributed by atoms with E-state index < -0.39 is 0 Å². The van der Waals surface area contributed by atoms with Gasteiger partial charge in [-0.15, -0.1) is 11.3 Å². The highest BCUT2D eigenvalue weighted by Crippen LogP contribution is 2.19. The van der Waals surface area contributed by atoms with Gasteiger partial charge in [0.1, 0.15) is 0 Å². The van der Waals surface area contributed by atoms with Gasteiger partial charge >= 0.3 is 0 Å². The Morgan fingerprint density at radius 2 is 1.86 bits per heavy atom. The van der Waals surface area contributed by atoms with Crippen molar-refractivity contribution in [2.24, 2.45) is 0 Å². The summed E-state index contributed by atoms with van der Waals surface area (Å²) in [6.45, 7) is 0.599. The molecule has 110 valence electrons. The van der Waals surface area contributed by atoms with Crippen LogP contribution in [0.1, 0.15) is 15.4 Å². The third kappa shape index (κ3) is 3.59. The van der Waals surface area contributed by atoms with Gasteiger partial charge in [-0.2, -0.15) is 0 Å². The van der Waals surface area contributed by atoms with E-state index in [4.69, 9.17) is 0 Å². The zero-order valence-electron chi connectivity index (χ0n) is 12.0. The fourth-order valence-electron chi connectivity index (χ4n) is 2.23. The van der Waals surface area contributed by atoms with Crippen LogP contribution < -0.4 is 5.32 Å². The summed E-state index contributed by atoms with van der Waals surface area (Å²) in [5, 5.41) is 5.93. The van der Waals surface area contributed by atoms with Crippen LogP contribution in [0, 0.1) is 0 Å². The van der Waals surface area contributed by atoms with Crippen molar-refractivity contribution in [2.75, 3.05) is 6.54 Å². The van der Waals surface area contributed by atoms with Gasteiger partial charge in [0.05, 0.1) is 5.01 Å². The molecule has 0 aliphatic carbocycles. The van der Waals surface area contributed by atoms with Crippen molar-refractivity contribution in [3.63, 3.8) is 0 Å². The minimum atomic E-state index is -0.0469. The molecule has 4 heteroatoms. The van der Waals surface area contributed by atoms with Gasteiger partial charge in [-0.3, -0.25) is 4.79 Å². The first-order chi connectivity index (χ1) is 10.8. The number of nitrogens with zero attached hydrogens (tertiary/aromatic N) is 1. The first kappa shape index (κ1) is 14.5. The van der Waals surface area contributed by atoms with Gasteiger partial charge in [0.2, 0.25) is 0 Å². The van der Waals surface area contributed by atoms with Gasteiger partial charge < -0.3 is 5.32 Å². The number of hydrogen-bond donors (Lipinski definition) is 1. The smallest absolute Gasteiger partial charge is 0.251 e. The van der Waals surface area contributed by atoms with E-state index in [1.807, 2.05) is 60.0 Å². The van der Waals surface area contributed by atoms with Crippen LogP contribution in [0.4, 0.5) is 0 Å². The molecule has 1 amide bonds. The summed E-state index contributed by atoms with van der Waals surface area (Å²) in [5.74, 6) is -0.0469. The highest BCUT2D eigenvalue weighted by Gasteiger charge is 2.07. The maximum absolute atomic E-state index is 12.2. The fourth-order valence-corrected chi connectivity index (χ4v) is 2.85. The molecule has 1 N–H and O–H groups in total. The molecule has 0 radical (unpaired) electrons. The number of benzene rings is 2. The number of aromatic nitrogens is 1. The zero-order chi connectivity index (χ0) is 15.2. The van der Waals surface area contributed by atoms with E-state index in [9.17, 15) is 4.79 Å². The zero-order valence-corrected chi connectivity index (χ0v) is 12.8. The molecule has 0 aliphatic rings. The largest absolute Gasteiger partial charge is 0.352 e. The van der Waals surface area contributed by atoms with E-state index in [1.54, 1.807) is 17.5 Å². The molecule has 0 aliphatic heterocycles. The number of hydrogen-bond acceptors (Lipinski definition) is 3. The van der Waals surface area contributed by atoms with Crippen LogP contribution in [0.3, 0.4) is 0 Å². The molecule has 3 nitrogen and oxygen atoms in total. The molecule has 22 heavy (non-hydrogen) atoms. The monoisotopic (exact) mass is 308 g/mol. The van der Waals surface area contributed by atoms with E-state index in [2.05, 4.69) is 10.3 Å². The molecule has 0 bridgehead atoms. The second-order valence-corrected chi connectivity index (χ2v) is 5.86. The normalized spacial score (nSPS) is 10.4. The van der Waals surface area contributed by atoms with Crippen molar-refractivity contribution in [3.05, 3.63) is 76.7 Å². The van der Waals surface area contributed by atoms with Crippen LogP contribution in [0.15, 0.2) is 66.2 Å². The molecule has 2 aromatic carbocycles. The lowest BCUT2D eigenvalue weighted by Crippen LogP contribution is -2.25. The summed E-state index contributed by atoms with van der Waals surface area (Å²) in [6, 6.07) is 17.8. The summed E-state index contributed by atoms with van der Waals surface area (Å²) >= 11 is 1.61. The highest BCUT2D eigenvalue weighted by molar-refractivity contribution is 7.09. The molecular weight excluding hydrogens is 292 g/mol. The standard InChI is InChI=1S/C18H16N2OS/c21-18(20-10-9-17-19-11-12-22-17)16-8-4-7-15(13-16)14-5-2-1-3-6-14/h1-8,11-13H,9-10H2,(H,20,21). The predicted molar refractivity (Wildman–Crippen MR) is 90.0 cm³/mol. The third-order valence-corrected chi connectivity index (χ3v) is 4.18. The van der Waals surface area contributed by atoms with E-state index in [-0.39, 0.29) is 5.91 Å². The van der Waals surface area contributed by atoms with Crippen molar-refractivity contribution < 1.29 is 4.79 Å². The van der Waals surface area contributed by atoms with Gasteiger partial charge in [0.25, 0.3) is 5.91 Å². The molecule has 0 spiro atoms. The van der Waals surface area contributed by atoms with Gasteiger partial charge in [0, 0.05) is 30.1 Å². The van der Waals surface area contributed by atoms with E-state index in [1.165, 1.54) is 0 Å². The lowest BCUT2D eigenvalue weighted by atomic mass is 10.0. The number of carbonyl (C=O) groups excluding carboxylic acids is 1.